The Morgan fingerprint density at radius 1 is 1.73 bits per heavy atom. The van der Waals surface area contributed by atoms with E-state index in [2.05, 4.69) is 10.3 Å². The summed E-state index contributed by atoms with van der Waals surface area (Å²) in [6.07, 6.45) is 6.64. The number of rotatable bonds is 2. The largest absolute Gasteiger partial charge is 0.373 e. The number of nitrogens with one attached hydrogen (secondary N) is 1. The summed E-state index contributed by atoms with van der Waals surface area (Å²) < 4.78 is 0. The van der Waals surface area contributed by atoms with Crippen molar-refractivity contribution in [1.82, 2.24) is 5.32 Å². The Kier molecular flexibility index (Phi) is 3.17. The third kappa shape index (κ3) is 2.39. The van der Waals surface area contributed by atoms with Crippen molar-refractivity contribution in [2.75, 3.05) is 12.9 Å². The van der Waals surface area contributed by atoms with Gasteiger partial charge in [0.2, 0.25) is 0 Å². The monoisotopic (exact) mass is 170 g/mol. The minimum atomic E-state index is 0.583. The minimum Gasteiger partial charge on any atom is -0.373 e. The zero-order chi connectivity index (χ0) is 8.10. The number of nitrogens with zero attached hydrogens (tertiary/aromatic N) is 1. The Bertz CT molecular complexity index is 216. The lowest BCUT2D eigenvalue weighted by molar-refractivity contribution is 0.954. The molecule has 0 bridgehead atoms. The second kappa shape index (κ2) is 4.19. The highest BCUT2D eigenvalue weighted by Gasteiger charge is 1.97. The first-order valence-electron chi connectivity index (χ1n) is 3.53. The molecule has 0 radical (unpaired) electrons. The molecule has 0 fully saturated rings. The van der Waals surface area contributed by atoms with Gasteiger partial charge >= 0.3 is 0 Å². The molecule has 0 unspecified atom stereocenters. The van der Waals surface area contributed by atoms with E-state index >= 15 is 0 Å². The van der Waals surface area contributed by atoms with Crippen molar-refractivity contribution in [3.63, 3.8) is 0 Å². The van der Waals surface area contributed by atoms with Gasteiger partial charge in [0, 0.05) is 19.1 Å². The molecule has 0 saturated carbocycles. The lowest BCUT2D eigenvalue weighted by Gasteiger charge is -1.97. The molecule has 0 amide bonds. The van der Waals surface area contributed by atoms with Crippen LogP contribution in [0.2, 0.25) is 0 Å². The van der Waals surface area contributed by atoms with E-state index < -0.39 is 0 Å². The third-order valence-corrected chi connectivity index (χ3v) is 1.85. The second-order valence-corrected chi connectivity index (χ2v) is 2.55. The van der Waals surface area contributed by atoms with Crippen LogP contribution in [0.4, 0.5) is 0 Å². The van der Waals surface area contributed by atoms with Crippen LogP contribution in [0.25, 0.3) is 0 Å². The molecule has 60 valence electrons. The zero-order valence-corrected chi connectivity index (χ0v) is 7.23. The lowest BCUT2D eigenvalue weighted by atomic mass is 10.2. The fourth-order valence-corrected chi connectivity index (χ4v) is 1.04. The first-order chi connectivity index (χ1) is 5.36. The molecule has 1 aliphatic rings. The van der Waals surface area contributed by atoms with Crippen molar-refractivity contribution < 1.29 is 0 Å². The van der Waals surface area contributed by atoms with Crippen molar-refractivity contribution in [2.45, 2.75) is 6.42 Å². The zero-order valence-electron chi connectivity index (χ0n) is 6.47. The summed E-state index contributed by atoms with van der Waals surface area (Å²) in [6.45, 7) is 0. The Hall–Kier alpha value is -0.760. The van der Waals surface area contributed by atoms with E-state index in [4.69, 9.17) is 11.6 Å². The van der Waals surface area contributed by atoms with Gasteiger partial charge in [0.05, 0.1) is 0 Å². The van der Waals surface area contributed by atoms with Crippen LogP contribution in [0.15, 0.2) is 28.5 Å². The quantitative estimate of drug-likeness (QED) is 0.627. The molecule has 1 aliphatic heterocycles. The maximum atomic E-state index is 5.66. The number of hydrogen-bond donors (Lipinski definition) is 1. The van der Waals surface area contributed by atoms with E-state index in [-0.39, 0.29) is 0 Å². The van der Waals surface area contributed by atoms with Gasteiger partial charge in [-0.15, -0.1) is 11.6 Å². The van der Waals surface area contributed by atoms with Crippen LogP contribution in [-0.2, 0) is 0 Å². The Balaban J connectivity index is 2.66. The highest BCUT2D eigenvalue weighted by molar-refractivity contribution is 6.19. The Morgan fingerprint density at radius 3 is 3.18 bits per heavy atom. The van der Waals surface area contributed by atoms with Gasteiger partial charge in [0.1, 0.15) is 5.82 Å². The third-order valence-electron chi connectivity index (χ3n) is 1.51. The van der Waals surface area contributed by atoms with Crippen molar-refractivity contribution in [3.8, 4) is 0 Å². The smallest absolute Gasteiger partial charge is 0.121 e. The van der Waals surface area contributed by atoms with Gasteiger partial charge in [0.15, 0.2) is 0 Å². The van der Waals surface area contributed by atoms with Crippen LogP contribution in [-0.4, -0.2) is 19.1 Å². The van der Waals surface area contributed by atoms with E-state index in [1.54, 1.807) is 6.21 Å². The molecule has 0 aromatic heterocycles. The fraction of sp³-hybridized carbons (Fsp3) is 0.375. The van der Waals surface area contributed by atoms with E-state index in [0.29, 0.717) is 5.88 Å². The molecular weight excluding hydrogens is 160 g/mol. The summed E-state index contributed by atoms with van der Waals surface area (Å²) in [6, 6.07) is 0. The van der Waals surface area contributed by atoms with Gasteiger partial charge in [-0.3, -0.25) is 0 Å². The van der Waals surface area contributed by atoms with Crippen LogP contribution in [0, 0.1) is 0 Å². The molecule has 0 aromatic rings. The molecule has 1 N–H and O–H groups in total. The normalized spacial score (nSPS) is 16.9. The summed E-state index contributed by atoms with van der Waals surface area (Å²) in [5, 5.41) is 2.98. The van der Waals surface area contributed by atoms with Gasteiger partial charge < -0.3 is 5.32 Å². The number of halogens is 1. The maximum absolute atomic E-state index is 5.66. The molecule has 0 atom stereocenters. The molecule has 0 aliphatic carbocycles. The topological polar surface area (TPSA) is 24.4 Å². The van der Waals surface area contributed by atoms with Crippen LogP contribution in [0.1, 0.15) is 6.42 Å². The van der Waals surface area contributed by atoms with Crippen molar-refractivity contribution in [2.24, 2.45) is 4.99 Å². The molecule has 0 spiro atoms. The summed E-state index contributed by atoms with van der Waals surface area (Å²) >= 11 is 5.66. The molecule has 3 heteroatoms. The summed E-state index contributed by atoms with van der Waals surface area (Å²) in [5.74, 6) is 1.49. The molecule has 1 heterocycles. The van der Waals surface area contributed by atoms with Gasteiger partial charge in [-0.25, -0.2) is 4.99 Å². The lowest BCUT2D eigenvalue weighted by Crippen LogP contribution is -2.02. The second-order valence-electron chi connectivity index (χ2n) is 2.28. The van der Waals surface area contributed by atoms with Crippen molar-refractivity contribution in [3.05, 3.63) is 23.5 Å². The van der Waals surface area contributed by atoms with Gasteiger partial charge in [-0.2, -0.15) is 0 Å². The van der Waals surface area contributed by atoms with Gasteiger partial charge in [-0.1, -0.05) is 5.57 Å². The molecule has 2 nitrogen and oxygen atoms in total. The molecular formula is C8H11ClN2. The highest BCUT2D eigenvalue weighted by Crippen LogP contribution is 2.08. The number of allylic oxidation sites excluding steroid dienone is 3. The first kappa shape index (κ1) is 8.34. The molecule has 1 rings (SSSR count). The van der Waals surface area contributed by atoms with Crippen molar-refractivity contribution >= 4 is 17.8 Å². The van der Waals surface area contributed by atoms with Crippen LogP contribution in [0.5, 0.6) is 0 Å². The van der Waals surface area contributed by atoms with E-state index in [1.165, 1.54) is 5.57 Å². The van der Waals surface area contributed by atoms with E-state index in [0.717, 1.165) is 12.2 Å². The van der Waals surface area contributed by atoms with Gasteiger partial charge in [0.25, 0.3) is 0 Å². The Morgan fingerprint density at radius 2 is 2.55 bits per heavy atom. The standard InChI is InChI=1S/C8H11ClN2/c1-10-8-3-2-7(6-9)4-5-11-8/h3-5,10H,2,6H2,1H3. The fourth-order valence-electron chi connectivity index (χ4n) is 0.837. The van der Waals surface area contributed by atoms with Crippen LogP contribution >= 0.6 is 11.6 Å². The van der Waals surface area contributed by atoms with Gasteiger partial charge in [-0.05, 0) is 18.6 Å². The average molecular weight is 171 g/mol. The van der Waals surface area contributed by atoms with Crippen LogP contribution in [0.3, 0.4) is 0 Å². The molecule has 0 aromatic carbocycles. The number of alkyl halides is 1. The summed E-state index contributed by atoms with van der Waals surface area (Å²) in [4.78, 5) is 4.13. The number of hydrogen-bond acceptors (Lipinski definition) is 2. The van der Waals surface area contributed by atoms with E-state index in [9.17, 15) is 0 Å². The predicted octanol–water partition coefficient (Wildman–Crippen LogP) is 1.69. The summed E-state index contributed by atoms with van der Waals surface area (Å²) in [5.41, 5.74) is 1.20. The maximum Gasteiger partial charge on any atom is 0.121 e. The highest BCUT2D eigenvalue weighted by atomic mass is 35.5. The SMILES string of the molecule is CNC1=CCC(CCl)=CC=N1. The van der Waals surface area contributed by atoms with E-state index in [1.807, 2.05) is 19.2 Å². The molecule has 11 heavy (non-hydrogen) atoms. The predicted molar refractivity (Wildman–Crippen MR) is 49.1 cm³/mol. The molecule has 0 saturated heterocycles. The Labute approximate surface area is 71.7 Å². The first-order valence-corrected chi connectivity index (χ1v) is 4.06. The van der Waals surface area contributed by atoms with Crippen LogP contribution < -0.4 is 5.32 Å². The average Bonchev–Trinajstić information content (AvgIpc) is 2.28. The summed E-state index contributed by atoms with van der Waals surface area (Å²) in [7, 11) is 1.86. The number of aliphatic imine (C=N–C) groups is 1. The minimum absolute atomic E-state index is 0.583. The van der Waals surface area contributed by atoms with Crippen molar-refractivity contribution in [1.29, 1.82) is 0 Å².